The average molecular weight is 417 g/mol. The fourth-order valence-corrected chi connectivity index (χ4v) is 4.43. The minimum Gasteiger partial charge on any atom is -0.497 e. The lowest BCUT2D eigenvalue weighted by Gasteiger charge is -2.07. The Bertz CT molecular complexity index is 1570. The number of anilines is 2. The lowest BCUT2D eigenvalue weighted by Crippen LogP contribution is -2.22. The van der Waals surface area contributed by atoms with Crippen molar-refractivity contribution in [3.8, 4) is 17.0 Å². The molecule has 4 heteroatoms. The van der Waals surface area contributed by atoms with Gasteiger partial charge in [0.05, 0.1) is 19.0 Å². The van der Waals surface area contributed by atoms with Crippen LogP contribution in [0.15, 0.2) is 109 Å². The number of benzene rings is 3. The SMILES string of the molecule is COc1ccc(Nc2c3c4ccccc4cc(-c4ccccc4)n3c3cccc[n+]23)cc1. The predicted octanol–water partition coefficient (Wildman–Crippen LogP) is 6.25. The molecule has 3 aromatic carbocycles. The van der Waals surface area contributed by atoms with Crippen LogP contribution in [0.5, 0.6) is 5.75 Å². The lowest BCUT2D eigenvalue weighted by atomic mass is 10.1. The molecule has 3 aromatic heterocycles. The fourth-order valence-electron chi connectivity index (χ4n) is 4.43. The zero-order valence-corrected chi connectivity index (χ0v) is 17.7. The third kappa shape index (κ3) is 2.88. The van der Waals surface area contributed by atoms with Crippen LogP contribution in [0.1, 0.15) is 0 Å². The van der Waals surface area contributed by atoms with Gasteiger partial charge in [-0.1, -0.05) is 60.7 Å². The van der Waals surface area contributed by atoms with Crippen molar-refractivity contribution in [2.75, 3.05) is 12.4 Å². The second-order valence-electron chi connectivity index (χ2n) is 7.80. The van der Waals surface area contributed by atoms with Gasteiger partial charge < -0.3 is 4.74 Å². The van der Waals surface area contributed by atoms with Crippen molar-refractivity contribution in [2.24, 2.45) is 0 Å². The molecule has 0 spiro atoms. The van der Waals surface area contributed by atoms with E-state index in [2.05, 4.69) is 99.2 Å². The van der Waals surface area contributed by atoms with Crippen molar-refractivity contribution < 1.29 is 9.14 Å². The summed E-state index contributed by atoms with van der Waals surface area (Å²) in [6.45, 7) is 0. The van der Waals surface area contributed by atoms with Crippen LogP contribution in [0.25, 0.3) is 33.2 Å². The first kappa shape index (κ1) is 18.5. The first-order valence-electron chi connectivity index (χ1n) is 10.7. The average Bonchev–Trinajstić information content (AvgIpc) is 3.19. The molecule has 0 aliphatic carbocycles. The van der Waals surface area contributed by atoms with E-state index in [1.54, 1.807) is 7.11 Å². The molecule has 1 N–H and O–H groups in total. The Morgan fingerprint density at radius 1 is 0.781 bits per heavy atom. The molecule has 0 amide bonds. The maximum Gasteiger partial charge on any atom is 0.272 e. The number of nitrogens with zero attached hydrogens (tertiary/aromatic N) is 2. The second-order valence-corrected chi connectivity index (χ2v) is 7.80. The molecule has 3 heterocycles. The fraction of sp³-hybridized carbons (Fsp3) is 0.0357. The maximum absolute atomic E-state index is 5.33. The number of hydrogen-bond donors (Lipinski definition) is 1. The molecule has 0 fully saturated rings. The summed E-state index contributed by atoms with van der Waals surface area (Å²) in [4.78, 5) is 0. The Kier molecular flexibility index (Phi) is 4.29. The quantitative estimate of drug-likeness (QED) is 0.344. The summed E-state index contributed by atoms with van der Waals surface area (Å²) < 4.78 is 9.90. The maximum atomic E-state index is 5.33. The van der Waals surface area contributed by atoms with Crippen molar-refractivity contribution in [1.29, 1.82) is 0 Å². The van der Waals surface area contributed by atoms with Crippen LogP contribution >= 0.6 is 0 Å². The van der Waals surface area contributed by atoms with E-state index < -0.39 is 0 Å². The smallest absolute Gasteiger partial charge is 0.272 e. The highest BCUT2D eigenvalue weighted by Crippen LogP contribution is 2.34. The molecule has 0 atom stereocenters. The van der Waals surface area contributed by atoms with E-state index in [1.165, 1.54) is 16.3 Å². The third-order valence-electron chi connectivity index (χ3n) is 5.93. The molecule has 0 unspecified atom stereocenters. The molecule has 0 saturated heterocycles. The Labute approximate surface area is 186 Å². The molecule has 32 heavy (non-hydrogen) atoms. The first-order chi connectivity index (χ1) is 15.8. The predicted molar refractivity (Wildman–Crippen MR) is 130 cm³/mol. The van der Waals surface area contributed by atoms with Gasteiger partial charge in [0.25, 0.3) is 5.82 Å². The highest BCUT2D eigenvalue weighted by Gasteiger charge is 2.24. The summed E-state index contributed by atoms with van der Waals surface area (Å²) in [5, 5.41) is 6.09. The summed E-state index contributed by atoms with van der Waals surface area (Å²) in [5.41, 5.74) is 5.59. The number of fused-ring (bicyclic) bond motifs is 5. The van der Waals surface area contributed by atoms with Gasteiger partial charge in [0.2, 0.25) is 5.65 Å². The molecular formula is C28H22N3O+. The van der Waals surface area contributed by atoms with Gasteiger partial charge in [0.15, 0.2) is 5.52 Å². The van der Waals surface area contributed by atoms with Crippen LogP contribution in [-0.4, -0.2) is 11.5 Å². The van der Waals surface area contributed by atoms with Gasteiger partial charge in [-0.2, -0.15) is 0 Å². The van der Waals surface area contributed by atoms with Crippen LogP contribution in [0.2, 0.25) is 0 Å². The van der Waals surface area contributed by atoms with E-state index in [0.717, 1.165) is 34.1 Å². The van der Waals surface area contributed by atoms with Crippen LogP contribution in [0.3, 0.4) is 0 Å². The minimum absolute atomic E-state index is 0.839. The zero-order valence-electron chi connectivity index (χ0n) is 17.7. The summed E-state index contributed by atoms with van der Waals surface area (Å²) >= 11 is 0. The number of pyridine rings is 2. The van der Waals surface area contributed by atoms with Gasteiger partial charge >= 0.3 is 0 Å². The van der Waals surface area contributed by atoms with Crippen LogP contribution in [0, 0.1) is 0 Å². The second kappa shape index (κ2) is 7.43. The Balaban J connectivity index is 1.72. The number of nitrogens with one attached hydrogen (secondary N) is 1. The number of methoxy groups -OCH3 is 1. The Hall–Kier alpha value is -4.31. The summed E-state index contributed by atoms with van der Waals surface area (Å²) in [6.07, 6.45) is 2.11. The summed E-state index contributed by atoms with van der Waals surface area (Å²) in [5.74, 6) is 1.87. The highest BCUT2D eigenvalue weighted by atomic mass is 16.5. The van der Waals surface area contributed by atoms with Gasteiger partial charge in [-0.3, -0.25) is 5.32 Å². The minimum atomic E-state index is 0.839. The van der Waals surface area contributed by atoms with Crippen molar-refractivity contribution >= 4 is 33.4 Å². The molecule has 6 rings (SSSR count). The number of aromatic nitrogens is 2. The molecule has 154 valence electrons. The number of ether oxygens (including phenoxy) is 1. The summed E-state index contributed by atoms with van der Waals surface area (Å²) in [6, 6.07) is 35.8. The number of hydrogen-bond acceptors (Lipinski definition) is 2. The van der Waals surface area contributed by atoms with E-state index in [-0.39, 0.29) is 0 Å². The largest absolute Gasteiger partial charge is 0.497 e. The van der Waals surface area contributed by atoms with Crippen LogP contribution < -0.4 is 14.5 Å². The van der Waals surface area contributed by atoms with Crippen molar-refractivity contribution in [1.82, 2.24) is 4.40 Å². The Morgan fingerprint density at radius 3 is 2.34 bits per heavy atom. The van der Waals surface area contributed by atoms with E-state index in [1.807, 2.05) is 24.3 Å². The topological polar surface area (TPSA) is 29.8 Å². The molecule has 6 aromatic rings. The van der Waals surface area contributed by atoms with Gasteiger partial charge in [-0.05, 0) is 41.8 Å². The highest BCUT2D eigenvalue weighted by molar-refractivity contribution is 6.04. The van der Waals surface area contributed by atoms with Gasteiger partial charge in [-0.15, -0.1) is 0 Å². The van der Waals surface area contributed by atoms with Gasteiger partial charge in [-0.25, -0.2) is 8.80 Å². The molecule has 0 saturated carbocycles. The van der Waals surface area contributed by atoms with E-state index in [0.29, 0.717) is 0 Å². The standard InChI is InChI=1S/C28H22N3O/c1-32-23-16-14-22(15-17-23)29-28-27-24-12-6-5-11-21(24)19-25(20-9-3-2-4-10-20)31(27)26-13-7-8-18-30(26)28/h2-19,29H,1H3/q+1. The van der Waals surface area contributed by atoms with E-state index in [9.17, 15) is 0 Å². The van der Waals surface area contributed by atoms with E-state index >= 15 is 0 Å². The van der Waals surface area contributed by atoms with Crippen molar-refractivity contribution in [3.63, 3.8) is 0 Å². The normalized spacial score (nSPS) is 11.3. The monoisotopic (exact) mass is 416 g/mol. The lowest BCUT2D eigenvalue weighted by molar-refractivity contribution is -0.493. The number of rotatable bonds is 4. The van der Waals surface area contributed by atoms with E-state index in [4.69, 9.17) is 4.74 Å². The first-order valence-corrected chi connectivity index (χ1v) is 10.7. The van der Waals surface area contributed by atoms with Crippen LogP contribution in [0.4, 0.5) is 11.5 Å². The van der Waals surface area contributed by atoms with Gasteiger partial charge in [0, 0.05) is 17.0 Å². The van der Waals surface area contributed by atoms with Crippen molar-refractivity contribution in [3.05, 3.63) is 109 Å². The van der Waals surface area contributed by atoms with Gasteiger partial charge in [0.1, 0.15) is 11.4 Å². The summed E-state index contributed by atoms with van der Waals surface area (Å²) in [7, 11) is 1.68. The van der Waals surface area contributed by atoms with Crippen LogP contribution in [-0.2, 0) is 0 Å². The zero-order chi connectivity index (χ0) is 21.5. The molecule has 0 aliphatic heterocycles. The molecular weight excluding hydrogens is 394 g/mol. The molecule has 0 radical (unpaired) electrons. The Morgan fingerprint density at radius 2 is 1.53 bits per heavy atom. The van der Waals surface area contributed by atoms with Crippen molar-refractivity contribution in [2.45, 2.75) is 0 Å². The molecule has 0 aliphatic rings. The number of imidazole rings is 1. The molecule has 4 nitrogen and oxygen atoms in total. The third-order valence-corrected chi connectivity index (χ3v) is 5.93. The molecule has 0 bridgehead atoms.